The molecular weight excluding hydrogens is 520 g/mol. The number of amides is 1. The molecule has 1 unspecified atom stereocenters. The molecule has 0 spiro atoms. The number of anilines is 3. The molecule has 12 nitrogen and oxygen atoms in total. The quantitative estimate of drug-likeness (QED) is 0.357. The van der Waals surface area contributed by atoms with Gasteiger partial charge >= 0.3 is 0 Å². The molecule has 3 heterocycles. The highest BCUT2D eigenvalue weighted by Gasteiger charge is 2.35. The van der Waals surface area contributed by atoms with Crippen LogP contribution in [0.15, 0.2) is 42.6 Å². The average molecular weight is 551 g/mol. The summed E-state index contributed by atoms with van der Waals surface area (Å²) in [4.78, 5) is 24.2. The van der Waals surface area contributed by atoms with Crippen molar-refractivity contribution in [3.8, 4) is 0 Å². The molecule has 1 amide bonds. The van der Waals surface area contributed by atoms with E-state index in [1.165, 1.54) is 4.90 Å². The van der Waals surface area contributed by atoms with E-state index in [2.05, 4.69) is 20.0 Å². The van der Waals surface area contributed by atoms with Crippen molar-refractivity contribution >= 4 is 54.1 Å². The summed E-state index contributed by atoms with van der Waals surface area (Å²) < 4.78 is 55.1. The van der Waals surface area contributed by atoms with Gasteiger partial charge in [0.15, 0.2) is 12.0 Å². The maximum atomic E-state index is 13.4. The normalized spacial score (nSPS) is 16.8. The van der Waals surface area contributed by atoms with Crippen LogP contribution in [0.1, 0.15) is 24.3 Å². The highest BCUT2D eigenvalue weighted by atomic mass is 32.2. The van der Waals surface area contributed by atoms with Crippen molar-refractivity contribution in [3.05, 3.63) is 48.3 Å². The van der Waals surface area contributed by atoms with E-state index in [0.29, 0.717) is 35.5 Å². The number of fused-ring (bicyclic) bond motifs is 1. The number of nitrogens with zero attached hydrogens (tertiary/aromatic N) is 3. The third-order valence-electron chi connectivity index (χ3n) is 5.57. The zero-order valence-electron chi connectivity index (χ0n) is 20.9. The van der Waals surface area contributed by atoms with Gasteiger partial charge in [-0.05, 0) is 50.2 Å². The van der Waals surface area contributed by atoms with E-state index >= 15 is 0 Å². The lowest BCUT2D eigenvalue weighted by molar-refractivity contribution is 0.0583. The zero-order valence-corrected chi connectivity index (χ0v) is 22.6. The molecule has 4 rings (SSSR count). The van der Waals surface area contributed by atoms with Gasteiger partial charge in [-0.15, -0.1) is 0 Å². The summed E-state index contributed by atoms with van der Waals surface area (Å²) in [7, 11) is -7.29. The third kappa shape index (κ3) is 6.70. The van der Waals surface area contributed by atoms with Crippen LogP contribution in [-0.2, 0) is 24.3 Å². The number of piperazine rings is 1. The minimum atomic E-state index is -3.85. The molecule has 3 aromatic rings. The van der Waals surface area contributed by atoms with E-state index in [1.54, 1.807) is 41.4 Å². The van der Waals surface area contributed by atoms with Gasteiger partial charge in [0.2, 0.25) is 10.0 Å². The third-order valence-corrected chi connectivity index (χ3v) is 6.74. The maximum Gasteiger partial charge on any atom is 0.270 e. The zero-order chi connectivity index (χ0) is 27.0. The molecule has 0 radical (unpaired) electrons. The number of hydrogen-bond donors (Lipinski definition) is 3. The predicted octanol–water partition coefficient (Wildman–Crippen LogP) is 2.02. The van der Waals surface area contributed by atoms with Gasteiger partial charge in [-0.2, -0.15) is 8.42 Å². The number of carbonyl (C=O) groups excluding carboxylic acids is 1. The first-order valence-electron chi connectivity index (χ1n) is 11.6. The fourth-order valence-electron chi connectivity index (χ4n) is 4.21. The van der Waals surface area contributed by atoms with Crippen molar-refractivity contribution in [2.45, 2.75) is 26.1 Å². The molecule has 1 atom stereocenters. The van der Waals surface area contributed by atoms with Crippen LogP contribution < -0.4 is 14.9 Å². The monoisotopic (exact) mass is 550 g/mol. The van der Waals surface area contributed by atoms with Crippen LogP contribution in [0.2, 0.25) is 0 Å². The summed E-state index contributed by atoms with van der Waals surface area (Å²) in [6.07, 6.45) is 2.67. The lowest BCUT2D eigenvalue weighted by atomic mass is 10.2. The molecule has 1 aromatic carbocycles. The Labute approximate surface area is 216 Å². The molecule has 0 aliphatic carbocycles. The van der Waals surface area contributed by atoms with Gasteiger partial charge in [0.05, 0.1) is 24.7 Å². The van der Waals surface area contributed by atoms with Crippen LogP contribution in [-0.4, -0.2) is 82.0 Å². The number of pyridine rings is 1. The molecule has 14 heteroatoms. The molecule has 0 bridgehead atoms. The molecular formula is C23H30N6O6S2. The Kier molecular flexibility index (Phi) is 7.35. The largest absolute Gasteiger partial charge is 0.380 e. The summed E-state index contributed by atoms with van der Waals surface area (Å²) in [6.45, 7) is 4.55. The highest BCUT2D eigenvalue weighted by molar-refractivity contribution is 7.92. The fourth-order valence-corrected chi connectivity index (χ4v) is 5.33. The Balaban J connectivity index is 1.59. The second kappa shape index (κ2) is 10.2. The minimum absolute atomic E-state index is 0.0140. The van der Waals surface area contributed by atoms with Crippen LogP contribution in [0.4, 0.5) is 17.2 Å². The second-order valence-electron chi connectivity index (χ2n) is 9.23. The summed E-state index contributed by atoms with van der Waals surface area (Å²) in [5, 5.41) is 3.96. The minimum Gasteiger partial charge on any atom is -0.380 e. The van der Waals surface area contributed by atoms with Gasteiger partial charge in [0, 0.05) is 41.9 Å². The summed E-state index contributed by atoms with van der Waals surface area (Å²) in [6, 6.07) is 10.3. The Morgan fingerprint density at radius 2 is 1.89 bits per heavy atom. The lowest BCUT2D eigenvalue weighted by Gasteiger charge is -2.41. The second-order valence-corrected chi connectivity index (χ2v) is 12.6. The molecule has 2 aromatic heterocycles. The molecule has 1 aliphatic rings. The number of H-pyrrole nitrogens is 1. The van der Waals surface area contributed by atoms with E-state index in [9.17, 15) is 21.6 Å². The van der Waals surface area contributed by atoms with E-state index in [1.807, 2.05) is 19.9 Å². The van der Waals surface area contributed by atoms with Crippen molar-refractivity contribution in [1.29, 1.82) is 0 Å². The standard InChI is InChI=1S/C23H30N6O6S2/c1-15(2)25-19-6-5-9-24-22(19)29-11-10-28(14-21(29)35-37(4,33)34)23(30)20-13-16-12-17(27-36(3,31)32)7-8-18(16)26-20/h5-9,12-13,15,21,25-27H,10-11,14H2,1-4H3. The number of rotatable bonds is 8. The first-order chi connectivity index (χ1) is 17.3. The van der Waals surface area contributed by atoms with Crippen LogP contribution in [0, 0.1) is 0 Å². The topological polar surface area (TPSA) is 154 Å². The van der Waals surface area contributed by atoms with Gasteiger partial charge in [-0.3, -0.25) is 9.52 Å². The predicted molar refractivity (Wildman–Crippen MR) is 143 cm³/mol. The van der Waals surface area contributed by atoms with Crippen molar-refractivity contribution in [2.75, 3.05) is 47.1 Å². The molecule has 200 valence electrons. The number of aromatic nitrogens is 2. The van der Waals surface area contributed by atoms with E-state index in [4.69, 9.17) is 4.18 Å². The summed E-state index contributed by atoms with van der Waals surface area (Å²) >= 11 is 0. The first-order valence-corrected chi connectivity index (χ1v) is 15.3. The van der Waals surface area contributed by atoms with Gasteiger partial charge in [0.25, 0.3) is 16.0 Å². The van der Waals surface area contributed by atoms with Gasteiger partial charge in [-0.25, -0.2) is 17.6 Å². The fraction of sp³-hybridized carbons (Fsp3) is 0.391. The summed E-state index contributed by atoms with van der Waals surface area (Å²) in [5.74, 6) is 0.200. The Morgan fingerprint density at radius 3 is 2.57 bits per heavy atom. The number of sulfonamides is 1. The van der Waals surface area contributed by atoms with Crippen molar-refractivity contribution < 1.29 is 25.8 Å². The van der Waals surface area contributed by atoms with Crippen LogP contribution in [0.25, 0.3) is 10.9 Å². The Morgan fingerprint density at radius 1 is 1.14 bits per heavy atom. The van der Waals surface area contributed by atoms with Crippen molar-refractivity contribution in [1.82, 2.24) is 14.9 Å². The summed E-state index contributed by atoms with van der Waals surface area (Å²) in [5.41, 5.74) is 2.05. The smallest absolute Gasteiger partial charge is 0.270 e. The molecule has 37 heavy (non-hydrogen) atoms. The van der Waals surface area contributed by atoms with Crippen molar-refractivity contribution in [3.63, 3.8) is 0 Å². The van der Waals surface area contributed by atoms with Crippen LogP contribution in [0.5, 0.6) is 0 Å². The highest BCUT2D eigenvalue weighted by Crippen LogP contribution is 2.29. The maximum absolute atomic E-state index is 13.4. The number of carbonyl (C=O) groups is 1. The molecule has 1 aliphatic heterocycles. The number of aromatic amines is 1. The molecule has 3 N–H and O–H groups in total. The Hall–Kier alpha value is -3.36. The molecule has 1 fully saturated rings. The average Bonchev–Trinajstić information content (AvgIpc) is 3.20. The van der Waals surface area contributed by atoms with Crippen LogP contribution in [0.3, 0.4) is 0 Å². The van der Waals surface area contributed by atoms with Gasteiger partial charge in [-0.1, -0.05) is 0 Å². The SMILES string of the molecule is CC(C)Nc1cccnc1N1CCN(C(=O)c2cc3cc(NS(C)(=O)=O)ccc3[nH]2)CC1OS(C)(=O)=O. The molecule has 0 saturated carbocycles. The van der Waals surface area contributed by atoms with E-state index in [0.717, 1.165) is 18.2 Å². The number of hydrogen-bond acceptors (Lipinski definition) is 9. The molecule has 1 saturated heterocycles. The van der Waals surface area contributed by atoms with Gasteiger partial charge in [0.1, 0.15) is 5.69 Å². The van der Waals surface area contributed by atoms with E-state index in [-0.39, 0.29) is 24.2 Å². The van der Waals surface area contributed by atoms with Gasteiger partial charge < -0.3 is 20.1 Å². The first kappa shape index (κ1) is 26.7. The number of benzene rings is 1. The lowest BCUT2D eigenvalue weighted by Crippen LogP contribution is -2.56. The van der Waals surface area contributed by atoms with Crippen LogP contribution >= 0.6 is 0 Å². The Bertz CT molecular complexity index is 1520. The number of nitrogens with one attached hydrogen (secondary N) is 3. The van der Waals surface area contributed by atoms with Crippen molar-refractivity contribution in [2.24, 2.45) is 0 Å². The van der Waals surface area contributed by atoms with E-state index < -0.39 is 26.4 Å².